The van der Waals surface area contributed by atoms with Crippen LogP contribution in [-0.4, -0.2) is 47.8 Å². The lowest BCUT2D eigenvalue weighted by Crippen LogP contribution is -2.30. The second kappa shape index (κ2) is 7.13. The molecule has 2 aromatic rings. The molecule has 1 fully saturated rings. The van der Waals surface area contributed by atoms with Crippen LogP contribution < -0.4 is 0 Å². The van der Waals surface area contributed by atoms with Gasteiger partial charge in [0.05, 0.1) is 18.9 Å². The maximum Gasteiger partial charge on any atom is 0.231 e. The predicted molar refractivity (Wildman–Crippen MR) is 88.6 cm³/mol. The van der Waals surface area contributed by atoms with Crippen molar-refractivity contribution < 1.29 is 14.1 Å². The summed E-state index contributed by atoms with van der Waals surface area (Å²) in [4.78, 5) is 18.9. The van der Waals surface area contributed by atoms with Gasteiger partial charge in [0.25, 0.3) is 0 Å². The predicted octanol–water partition coefficient (Wildman–Crippen LogP) is 2.12. The Bertz CT molecular complexity index is 713. The third-order valence-electron chi connectivity index (χ3n) is 4.47. The van der Waals surface area contributed by atoms with Crippen LogP contribution in [0.2, 0.25) is 0 Å². The number of amides is 1. The zero-order valence-corrected chi connectivity index (χ0v) is 14.4. The number of nitrogens with zero attached hydrogens (tertiary/aromatic N) is 3. The van der Waals surface area contributed by atoms with Crippen molar-refractivity contribution in [2.45, 2.75) is 26.2 Å². The Morgan fingerprint density at radius 1 is 1.38 bits per heavy atom. The molecule has 2 heterocycles. The molecule has 0 spiro atoms. The highest BCUT2D eigenvalue weighted by atomic mass is 16.5. The Kier molecular flexibility index (Phi) is 4.94. The minimum Gasteiger partial charge on any atom is -0.384 e. The van der Waals surface area contributed by atoms with Crippen molar-refractivity contribution in [1.82, 2.24) is 15.0 Å². The van der Waals surface area contributed by atoms with Gasteiger partial charge in [-0.1, -0.05) is 35.0 Å². The Morgan fingerprint density at radius 3 is 2.88 bits per heavy atom. The summed E-state index contributed by atoms with van der Waals surface area (Å²) in [6.07, 6.45) is 0.414. The first kappa shape index (κ1) is 16.6. The van der Waals surface area contributed by atoms with Gasteiger partial charge in [0, 0.05) is 26.1 Å². The van der Waals surface area contributed by atoms with Gasteiger partial charge in [-0.25, -0.2) is 0 Å². The molecular weight excluding hydrogens is 306 g/mol. The summed E-state index contributed by atoms with van der Waals surface area (Å²) in [7, 11) is 1.67. The monoisotopic (exact) mass is 329 g/mol. The summed E-state index contributed by atoms with van der Waals surface area (Å²) in [6.45, 7) is 5.66. The van der Waals surface area contributed by atoms with Gasteiger partial charge in [0.2, 0.25) is 11.8 Å². The highest BCUT2D eigenvalue weighted by Crippen LogP contribution is 2.32. The first-order chi connectivity index (χ1) is 11.6. The van der Waals surface area contributed by atoms with E-state index in [1.54, 1.807) is 14.0 Å². The highest BCUT2D eigenvalue weighted by molar-refractivity contribution is 5.79. The van der Waals surface area contributed by atoms with Gasteiger partial charge in [-0.05, 0) is 19.4 Å². The number of carbonyl (C=O) groups excluding carboxylic acids is 1. The molecule has 0 bridgehead atoms. The molecule has 0 saturated carbocycles. The average molecular weight is 329 g/mol. The molecule has 2 atom stereocenters. The van der Waals surface area contributed by atoms with Crippen LogP contribution in [0.3, 0.4) is 0 Å². The molecule has 1 amide bonds. The number of aromatic nitrogens is 2. The van der Waals surface area contributed by atoms with Gasteiger partial charge >= 0.3 is 0 Å². The highest BCUT2D eigenvalue weighted by Gasteiger charge is 2.39. The molecule has 1 aliphatic heterocycles. The minimum absolute atomic E-state index is 0.0348. The molecule has 0 aliphatic carbocycles. The first-order valence-electron chi connectivity index (χ1n) is 8.19. The van der Waals surface area contributed by atoms with Crippen molar-refractivity contribution in [3.8, 4) is 0 Å². The Balaban J connectivity index is 1.71. The standard InChI is InChI=1S/C18H23N3O3/c1-12-5-4-6-14(7-12)8-17(22)21-9-15(11-23-3)16(10-21)18-19-13(2)20-24-18/h4-7,15-16H,8-11H2,1-3H3/t15-,16+/m0/s1. The Hall–Kier alpha value is -2.21. The third-order valence-corrected chi connectivity index (χ3v) is 4.47. The van der Waals surface area contributed by atoms with Crippen LogP contribution in [0.5, 0.6) is 0 Å². The number of hydrogen-bond donors (Lipinski definition) is 0. The molecule has 1 saturated heterocycles. The van der Waals surface area contributed by atoms with Crippen molar-refractivity contribution in [3.63, 3.8) is 0 Å². The molecule has 24 heavy (non-hydrogen) atoms. The lowest BCUT2D eigenvalue weighted by Gasteiger charge is -2.16. The van der Waals surface area contributed by atoms with Crippen LogP contribution in [0.1, 0.15) is 28.8 Å². The first-order valence-corrected chi connectivity index (χ1v) is 8.19. The van der Waals surface area contributed by atoms with Crippen molar-refractivity contribution >= 4 is 5.91 Å². The van der Waals surface area contributed by atoms with Crippen molar-refractivity contribution in [2.24, 2.45) is 5.92 Å². The maximum absolute atomic E-state index is 12.7. The normalized spacial score (nSPS) is 20.5. The molecule has 6 nitrogen and oxygen atoms in total. The fourth-order valence-electron chi connectivity index (χ4n) is 3.31. The number of rotatable bonds is 5. The molecule has 1 aromatic carbocycles. The quantitative estimate of drug-likeness (QED) is 0.840. The van der Waals surface area contributed by atoms with Crippen LogP contribution in [0.15, 0.2) is 28.8 Å². The molecule has 128 valence electrons. The van der Waals surface area contributed by atoms with E-state index in [1.165, 1.54) is 0 Å². The molecule has 6 heteroatoms. The van der Waals surface area contributed by atoms with Crippen molar-refractivity contribution in [2.75, 3.05) is 26.8 Å². The van der Waals surface area contributed by atoms with Gasteiger partial charge in [0.1, 0.15) is 0 Å². The fraction of sp³-hybridized carbons (Fsp3) is 0.500. The van der Waals surface area contributed by atoms with Crippen LogP contribution in [0, 0.1) is 19.8 Å². The Morgan fingerprint density at radius 2 is 2.21 bits per heavy atom. The summed E-state index contributed by atoms with van der Waals surface area (Å²) in [5.74, 6) is 1.55. The van der Waals surface area contributed by atoms with Gasteiger partial charge in [-0.2, -0.15) is 4.98 Å². The second-order valence-electron chi connectivity index (χ2n) is 6.47. The summed E-state index contributed by atoms with van der Waals surface area (Å²) >= 11 is 0. The van der Waals surface area contributed by atoms with E-state index in [-0.39, 0.29) is 17.7 Å². The average Bonchev–Trinajstić information content (AvgIpc) is 3.14. The van der Waals surface area contributed by atoms with E-state index in [1.807, 2.05) is 30.0 Å². The SMILES string of the molecule is COC[C@@H]1CN(C(=O)Cc2cccc(C)c2)C[C@H]1c1nc(C)no1. The van der Waals surface area contributed by atoms with Crippen molar-refractivity contribution in [1.29, 1.82) is 0 Å². The number of carbonyl (C=O) groups is 1. The number of methoxy groups -OCH3 is 1. The van der Waals surface area contributed by atoms with E-state index in [9.17, 15) is 4.79 Å². The number of hydrogen-bond acceptors (Lipinski definition) is 5. The van der Waals surface area contributed by atoms with Crippen LogP contribution in [-0.2, 0) is 16.0 Å². The maximum atomic E-state index is 12.7. The zero-order chi connectivity index (χ0) is 17.1. The number of aryl methyl sites for hydroxylation is 2. The van der Waals surface area contributed by atoms with Gasteiger partial charge in [0.15, 0.2) is 5.82 Å². The lowest BCUT2D eigenvalue weighted by molar-refractivity contribution is -0.129. The smallest absolute Gasteiger partial charge is 0.231 e. The summed E-state index contributed by atoms with van der Waals surface area (Å²) in [5, 5.41) is 3.87. The number of ether oxygens (including phenoxy) is 1. The van der Waals surface area contributed by atoms with E-state index >= 15 is 0 Å². The van der Waals surface area contributed by atoms with Crippen LogP contribution >= 0.6 is 0 Å². The van der Waals surface area contributed by atoms with Gasteiger partial charge < -0.3 is 14.2 Å². The summed E-state index contributed by atoms with van der Waals surface area (Å²) in [6, 6.07) is 8.07. The Labute approximate surface area is 141 Å². The molecule has 1 aliphatic rings. The number of likely N-dealkylation sites (tertiary alicyclic amines) is 1. The molecule has 0 radical (unpaired) electrons. The zero-order valence-electron chi connectivity index (χ0n) is 14.4. The molecule has 3 rings (SSSR count). The lowest BCUT2D eigenvalue weighted by atomic mass is 9.97. The minimum atomic E-state index is 0.0348. The van der Waals surface area contributed by atoms with Gasteiger partial charge in [-0.3, -0.25) is 4.79 Å². The van der Waals surface area contributed by atoms with E-state index in [4.69, 9.17) is 9.26 Å². The van der Waals surface area contributed by atoms with Crippen LogP contribution in [0.4, 0.5) is 0 Å². The largest absolute Gasteiger partial charge is 0.384 e. The molecule has 0 unspecified atom stereocenters. The van der Waals surface area contributed by atoms with E-state index in [0.717, 1.165) is 11.1 Å². The van der Waals surface area contributed by atoms with Gasteiger partial charge in [-0.15, -0.1) is 0 Å². The topological polar surface area (TPSA) is 68.5 Å². The molecular formula is C18H23N3O3. The fourth-order valence-corrected chi connectivity index (χ4v) is 3.31. The summed E-state index contributed by atoms with van der Waals surface area (Å²) < 4.78 is 10.7. The second-order valence-corrected chi connectivity index (χ2v) is 6.47. The van der Waals surface area contributed by atoms with Crippen LogP contribution in [0.25, 0.3) is 0 Å². The van der Waals surface area contributed by atoms with E-state index in [2.05, 4.69) is 16.2 Å². The summed E-state index contributed by atoms with van der Waals surface area (Å²) in [5.41, 5.74) is 2.21. The number of benzene rings is 1. The molecule has 0 N–H and O–H groups in total. The van der Waals surface area contributed by atoms with Crippen molar-refractivity contribution in [3.05, 3.63) is 47.1 Å². The van der Waals surface area contributed by atoms with E-state index < -0.39 is 0 Å². The third kappa shape index (κ3) is 3.64. The molecule has 1 aromatic heterocycles. The van der Waals surface area contributed by atoms with E-state index in [0.29, 0.717) is 37.8 Å².